The number of benzene rings is 2. The van der Waals surface area contributed by atoms with Crippen LogP contribution >= 0.6 is 11.6 Å². The number of nitrogens with two attached hydrogens (primary N) is 1. The SMILES string of the molecule is Cc1ccc(-c2nc3cc(Cl)ccc3n2C)cc1N. The molecule has 3 rings (SSSR count). The number of hydrogen-bond acceptors (Lipinski definition) is 2. The molecule has 1 heterocycles. The normalized spacial score (nSPS) is 11.1. The summed E-state index contributed by atoms with van der Waals surface area (Å²) in [6.07, 6.45) is 0. The predicted molar refractivity (Wildman–Crippen MR) is 80.3 cm³/mol. The first-order valence-corrected chi connectivity index (χ1v) is 6.42. The maximum atomic E-state index is 6.00. The van der Waals surface area contributed by atoms with E-state index in [0.717, 1.165) is 33.7 Å². The highest BCUT2D eigenvalue weighted by Crippen LogP contribution is 2.27. The van der Waals surface area contributed by atoms with E-state index in [0.29, 0.717) is 5.02 Å². The molecule has 0 amide bonds. The first-order valence-electron chi connectivity index (χ1n) is 6.05. The van der Waals surface area contributed by atoms with Gasteiger partial charge in [0, 0.05) is 23.3 Å². The lowest BCUT2D eigenvalue weighted by atomic mass is 10.1. The van der Waals surface area contributed by atoms with Gasteiger partial charge in [-0.1, -0.05) is 23.7 Å². The number of imidazole rings is 1. The van der Waals surface area contributed by atoms with Crippen LogP contribution in [0.25, 0.3) is 22.4 Å². The van der Waals surface area contributed by atoms with Gasteiger partial charge in [0.2, 0.25) is 0 Å². The van der Waals surface area contributed by atoms with E-state index in [1.165, 1.54) is 0 Å². The zero-order valence-corrected chi connectivity index (χ0v) is 11.6. The molecule has 0 fully saturated rings. The summed E-state index contributed by atoms with van der Waals surface area (Å²) in [5.41, 5.74) is 10.8. The van der Waals surface area contributed by atoms with E-state index >= 15 is 0 Å². The molecule has 0 aliphatic rings. The van der Waals surface area contributed by atoms with Gasteiger partial charge in [0.1, 0.15) is 5.82 Å². The summed E-state index contributed by atoms with van der Waals surface area (Å²) >= 11 is 6.00. The van der Waals surface area contributed by atoms with Gasteiger partial charge in [-0.2, -0.15) is 0 Å². The van der Waals surface area contributed by atoms with Crippen LogP contribution in [0.15, 0.2) is 36.4 Å². The maximum Gasteiger partial charge on any atom is 0.140 e. The Labute approximate surface area is 116 Å². The monoisotopic (exact) mass is 271 g/mol. The molecule has 1 aromatic heterocycles. The van der Waals surface area contributed by atoms with Crippen LogP contribution in [0.3, 0.4) is 0 Å². The fourth-order valence-corrected chi connectivity index (χ4v) is 2.38. The first-order chi connectivity index (χ1) is 9.06. The summed E-state index contributed by atoms with van der Waals surface area (Å²) in [5.74, 6) is 0.893. The smallest absolute Gasteiger partial charge is 0.140 e. The summed E-state index contributed by atoms with van der Waals surface area (Å²) in [7, 11) is 1.99. The number of hydrogen-bond donors (Lipinski definition) is 1. The van der Waals surface area contributed by atoms with Gasteiger partial charge in [-0.15, -0.1) is 0 Å². The molecule has 0 radical (unpaired) electrons. The van der Waals surface area contributed by atoms with Gasteiger partial charge in [-0.25, -0.2) is 4.98 Å². The second-order valence-electron chi connectivity index (χ2n) is 4.70. The molecule has 0 spiro atoms. The molecule has 19 heavy (non-hydrogen) atoms. The van der Waals surface area contributed by atoms with Crippen LogP contribution in [0.4, 0.5) is 5.69 Å². The van der Waals surface area contributed by atoms with Crippen molar-refractivity contribution in [3.8, 4) is 11.4 Å². The molecule has 3 aromatic rings. The maximum absolute atomic E-state index is 6.00. The average molecular weight is 272 g/mol. The summed E-state index contributed by atoms with van der Waals surface area (Å²) in [6.45, 7) is 1.99. The quantitative estimate of drug-likeness (QED) is 0.685. The van der Waals surface area contributed by atoms with Gasteiger partial charge in [-0.3, -0.25) is 0 Å². The van der Waals surface area contributed by atoms with Gasteiger partial charge in [0.15, 0.2) is 0 Å². The zero-order chi connectivity index (χ0) is 13.6. The van der Waals surface area contributed by atoms with Crippen molar-refractivity contribution in [2.24, 2.45) is 7.05 Å². The Morgan fingerprint density at radius 3 is 2.68 bits per heavy atom. The van der Waals surface area contributed by atoms with Gasteiger partial charge in [0.25, 0.3) is 0 Å². The standard InChI is InChI=1S/C15H14ClN3/c1-9-3-4-10(7-12(9)17)15-18-13-8-11(16)5-6-14(13)19(15)2/h3-8H,17H2,1-2H3. The van der Waals surface area contributed by atoms with Crippen molar-refractivity contribution >= 4 is 28.3 Å². The minimum Gasteiger partial charge on any atom is -0.398 e. The molecule has 2 aromatic carbocycles. The lowest BCUT2D eigenvalue weighted by Gasteiger charge is -2.05. The van der Waals surface area contributed by atoms with E-state index in [-0.39, 0.29) is 0 Å². The van der Waals surface area contributed by atoms with Crippen molar-refractivity contribution in [3.05, 3.63) is 47.0 Å². The van der Waals surface area contributed by atoms with Crippen LogP contribution in [0.5, 0.6) is 0 Å². The van der Waals surface area contributed by atoms with Gasteiger partial charge in [0.05, 0.1) is 11.0 Å². The summed E-state index contributed by atoms with van der Waals surface area (Å²) in [4.78, 5) is 4.64. The number of nitrogen functional groups attached to an aromatic ring is 1. The van der Waals surface area contributed by atoms with E-state index in [9.17, 15) is 0 Å². The molecule has 0 aliphatic carbocycles. The molecule has 0 unspecified atom stereocenters. The fourth-order valence-electron chi connectivity index (χ4n) is 2.21. The van der Waals surface area contributed by atoms with Gasteiger partial charge in [-0.05, 0) is 36.8 Å². The van der Waals surface area contributed by atoms with Crippen LogP contribution in [0.1, 0.15) is 5.56 Å². The van der Waals surface area contributed by atoms with Crippen LogP contribution in [0, 0.1) is 6.92 Å². The lowest BCUT2D eigenvalue weighted by molar-refractivity contribution is 0.959. The third-order valence-corrected chi connectivity index (χ3v) is 3.62. The molecular weight excluding hydrogens is 258 g/mol. The molecule has 3 nitrogen and oxygen atoms in total. The molecule has 96 valence electrons. The minimum absolute atomic E-state index is 0.695. The largest absolute Gasteiger partial charge is 0.398 e. The predicted octanol–water partition coefficient (Wildman–Crippen LogP) is 3.78. The van der Waals surface area contributed by atoms with Crippen LogP contribution in [-0.4, -0.2) is 9.55 Å². The number of aromatic nitrogens is 2. The second kappa shape index (κ2) is 4.28. The van der Waals surface area contributed by atoms with Crippen molar-refractivity contribution in [2.75, 3.05) is 5.73 Å². The van der Waals surface area contributed by atoms with Crippen molar-refractivity contribution in [2.45, 2.75) is 6.92 Å². The molecule has 0 saturated heterocycles. The Balaban J connectivity index is 2.24. The number of nitrogens with zero attached hydrogens (tertiary/aromatic N) is 2. The van der Waals surface area contributed by atoms with Crippen molar-refractivity contribution < 1.29 is 0 Å². The Bertz CT molecular complexity index is 774. The Kier molecular flexibility index (Phi) is 2.72. The summed E-state index contributed by atoms with van der Waals surface area (Å²) in [6, 6.07) is 11.7. The van der Waals surface area contributed by atoms with E-state index in [1.807, 2.05) is 50.4 Å². The molecule has 0 atom stereocenters. The number of aryl methyl sites for hydroxylation is 2. The topological polar surface area (TPSA) is 43.8 Å². The van der Waals surface area contributed by atoms with Gasteiger partial charge < -0.3 is 10.3 Å². The molecule has 2 N–H and O–H groups in total. The first kappa shape index (κ1) is 12.1. The number of halogens is 1. The highest BCUT2D eigenvalue weighted by Gasteiger charge is 2.10. The van der Waals surface area contributed by atoms with E-state index in [2.05, 4.69) is 9.55 Å². The minimum atomic E-state index is 0.695. The Morgan fingerprint density at radius 2 is 1.95 bits per heavy atom. The highest BCUT2D eigenvalue weighted by atomic mass is 35.5. The molecule has 4 heteroatoms. The van der Waals surface area contributed by atoms with Crippen LogP contribution in [0.2, 0.25) is 5.02 Å². The number of rotatable bonds is 1. The highest BCUT2D eigenvalue weighted by molar-refractivity contribution is 6.31. The average Bonchev–Trinajstić information content (AvgIpc) is 2.70. The molecule has 0 saturated carbocycles. The van der Waals surface area contributed by atoms with E-state index in [1.54, 1.807) is 0 Å². The summed E-state index contributed by atoms with van der Waals surface area (Å²) < 4.78 is 2.05. The van der Waals surface area contributed by atoms with Crippen molar-refractivity contribution in [1.29, 1.82) is 0 Å². The van der Waals surface area contributed by atoms with Crippen molar-refractivity contribution in [3.63, 3.8) is 0 Å². The third kappa shape index (κ3) is 1.96. The van der Waals surface area contributed by atoms with Crippen LogP contribution < -0.4 is 5.73 Å². The Morgan fingerprint density at radius 1 is 1.16 bits per heavy atom. The summed E-state index contributed by atoms with van der Waals surface area (Å²) in [5, 5.41) is 0.695. The molecule has 0 aliphatic heterocycles. The van der Waals surface area contributed by atoms with Crippen molar-refractivity contribution in [1.82, 2.24) is 9.55 Å². The Hall–Kier alpha value is -2.00. The van der Waals surface area contributed by atoms with Gasteiger partial charge >= 0.3 is 0 Å². The number of anilines is 1. The van der Waals surface area contributed by atoms with E-state index in [4.69, 9.17) is 17.3 Å². The zero-order valence-electron chi connectivity index (χ0n) is 10.8. The molecular formula is C15H14ClN3. The lowest BCUT2D eigenvalue weighted by Crippen LogP contribution is -1.95. The third-order valence-electron chi connectivity index (χ3n) is 3.38. The molecule has 0 bridgehead atoms. The fraction of sp³-hybridized carbons (Fsp3) is 0.133. The second-order valence-corrected chi connectivity index (χ2v) is 5.14. The number of fused-ring (bicyclic) bond motifs is 1. The van der Waals surface area contributed by atoms with Crippen LogP contribution in [-0.2, 0) is 7.05 Å². The van der Waals surface area contributed by atoms with E-state index < -0.39 is 0 Å².